The van der Waals surface area contributed by atoms with Crippen LogP contribution in [0.15, 0.2) is 24.3 Å². The number of halogens is 1. The lowest BCUT2D eigenvalue weighted by molar-refractivity contribution is -0.148. The monoisotopic (exact) mass is 279 g/mol. The van der Waals surface area contributed by atoms with Crippen LogP contribution in [-0.2, 0) is 9.59 Å². The third-order valence-electron chi connectivity index (χ3n) is 3.78. The van der Waals surface area contributed by atoms with Gasteiger partial charge in [-0.1, -0.05) is 19.1 Å². The van der Waals surface area contributed by atoms with Crippen molar-refractivity contribution in [3.8, 4) is 0 Å². The molecular weight excluding hydrogens is 261 g/mol. The molecule has 20 heavy (non-hydrogen) atoms. The SMILES string of the molecule is CC(CC(=O)N1CCC[C@@H]1C(=O)O)c1ccc(F)cc1. The van der Waals surface area contributed by atoms with Gasteiger partial charge in [0.25, 0.3) is 0 Å². The van der Waals surface area contributed by atoms with E-state index in [1.807, 2.05) is 6.92 Å². The largest absolute Gasteiger partial charge is 0.480 e. The molecular formula is C15H18FNO3. The van der Waals surface area contributed by atoms with Gasteiger partial charge in [0.2, 0.25) is 5.91 Å². The molecule has 2 atom stereocenters. The summed E-state index contributed by atoms with van der Waals surface area (Å²) in [5.41, 5.74) is 0.880. The van der Waals surface area contributed by atoms with E-state index in [1.165, 1.54) is 17.0 Å². The van der Waals surface area contributed by atoms with Crippen LogP contribution in [0.2, 0.25) is 0 Å². The summed E-state index contributed by atoms with van der Waals surface area (Å²) in [6.45, 7) is 2.39. The second-order valence-corrected chi connectivity index (χ2v) is 5.24. The number of likely N-dealkylation sites (tertiary alicyclic amines) is 1. The quantitative estimate of drug-likeness (QED) is 0.920. The van der Waals surface area contributed by atoms with Gasteiger partial charge in [-0.3, -0.25) is 4.79 Å². The highest BCUT2D eigenvalue weighted by molar-refractivity contribution is 5.84. The molecule has 0 saturated carbocycles. The molecule has 1 unspecified atom stereocenters. The highest BCUT2D eigenvalue weighted by Crippen LogP contribution is 2.24. The van der Waals surface area contributed by atoms with Crippen molar-refractivity contribution >= 4 is 11.9 Å². The predicted molar refractivity (Wildman–Crippen MR) is 71.8 cm³/mol. The zero-order valence-corrected chi connectivity index (χ0v) is 11.4. The summed E-state index contributed by atoms with van der Waals surface area (Å²) >= 11 is 0. The van der Waals surface area contributed by atoms with E-state index in [0.29, 0.717) is 13.0 Å². The lowest BCUT2D eigenvalue weighted by Gasteiger charge is -2.23. The maximum absolute atomic E-state index is 12.9. The topological polar surface area (TPSA) is 57.6 Å². The van der Waals surface area contributed by atoms with Crippen molar-refractivity contribution in [1.29, 1.82) is 0 Å². The van der Waals surface area contributed by atoms with Gasteiger partial charge in [-0.25, -0.2) is 9.18 Å². The predicted octanol–water partition coefficient (Wildman–Crippen LogP) is 2.39. The van der Waals surface area contributed by atoms with Crippen molar-refractivity contribution in [2.75, 3.05) is 6.54 Å². The Morgan fingerprint density at radius 1 is 1.40 bits per heavy atom. The van der Waals surface area contributed by atoms with Crippen molar-refractivity contribution in [3.63, 3.8) is 0 Å². The van der Waals surface area contributed by atoms with Crippen LogP contribution in [0, 0.1) is 5.82 Å². The second kappa shape index (κ2) is 6.03. The summed E-state index contributed by atoms with van der Waals surface area (Å²) in [5.74, 6) is -1.45. The number of benzene rings is 1. The maximum Gasteiger partial charge on any atom is 0.326 e. The Morgan fingerprint density at radius 2 is 2.05 bits per heavy atom. The van der Waals surface area contributed by atoms with Crippen LogP contribution < -0.4 is 0 Å². The molecule has 1 aliphatic heterocycles. The van der Waals surface area contributed by atoms with Crippen LogP contribution in [0.1, 0.15) is 37.7 Å². The smallest absolute Gasteiger partial charge is 0.326 e. The van der Waals surface area contributed by atoms with E-state index < -0.39 is 12.0 Å². The van der Waals surface area contributed by atoms with Gasteiger partial charge >= 0.3 is 5.97 Å². The Bertz CT molecular complexity index is 500. The van der Waals surface area contributed by atoms with E-state index in [4.69, 9.17) is 5.11 Å². The van der Waals surface area contributed by atoms with E-state index in [9.17, 15) is 14.0 Å². The summed E-state index contributed by atoms with van der Waals surface area (Å²) in [4.78, 5) is 24.7. The van der Waals surface area contributed by atoms with Gasteiger partial charge in [-0.15, -0.1) is 0 Å². The van der Waals surface area contributed by atoms with Crippen molar-refractivity contribution in [2.45, 2.75) is 38.1 Å². The number of carbonyl (C=O) groups is 2. The molecule has 1 heterocycles. The molecule has 1 saturated heterocycles. The highest BCUT2D eigenvalue weighted by atomic mass is 19.1. The Morgan fingerprint density at radius 3 is 2.65 bits per heavy atom. The van der Waals surface area contributed by atoms with Gasteiger partial charge in [0.1, 0.15) is 11.9 Å². The van der Waals surface area contributed by atoms with Crippen molar-refractivity contribution in [3.05, 3.63) is 35.6 Å². The minimum atomic E-state index is -0.940. The zero-order chi connectivity index (χ0) is 14.7. The fraction of sp³-hybridized carbons (Fsp3) is 0.467. The second-order valence-electron chi connectivity index (χ2n) is 5.24. The van der Waals surface area contributed by atoms with E-state index in [1.54, 1.807) is 12.1 Å². The van der Waals surface area contributed by atoms with Gasteiger partial charge in [-0.2, -0.15) is 0 Å². The molecule has 1 aliphatic rings. The van der Waals surface area contributed by atoms with Crippen molar-refractivity contribution < 1.29 is 19.1 Å². The number of nitrogens with zero attached hydrogens (tertiary/aromatic N) is 1. The molecule has 0 aromatic heterocycles. The van der Waals surface area contributed by atoms with E-state index in [-0.39, 0.29) is 24.1 Å². The number of carbonyl (C=O) groups excluding carboxylic acids is 1. The molecule has 1 aromatic rings. The first-order valence-corrected chi connectivity index (χ1v) is 6.76. The first kappa shape index (κ1) is 14.5. The molecule has 0 bridgehead atoms. The first-order valence-electron chi connectivity index (χ1n) is 6.76. The van der Waals surface area contributed by atoms with E-state index in [0.717, 1.165) is 12.0 Å². The normalized spacial score (nSPS) is 19.9. The minimum absolute atomic E-state index is 0.0573. The maximum atomic E-state index is 12.9. The van der Waals surface area contributed by atoms with E-state index in [2.05, 4.69) is 0 Å². The summed E-state index contributed by atoms with van der Waals surface area (Å²) in [6, 6.07) is 5.36. The molecule has 0 radical (unpaired) electrons. The van der Waals surface area contributed by atoms with Gasteiger partial charge in [0, 0.05) is 13.0 Å². The van der Waals surface area contributed by atoms with Gasteiger partial charge in [0.05, 0.1) is 0 Å². The Labute approximate surface area is 117 Å². The molecule has 1 amide bonds. The molecule has 2 rings (SSSR count). The lowest BCUT2D eigenvalue weighted by Crippen LogP contribution is -2.40. The average Bonchev–Trinajstić information content (AvgIpc) is 2.88. The number of amides is 1. The van der Waals surface area contributed by atoms with Crippen LogP contribution in [0.3, 0.4) is 0 Å². The summed E-state index contributed by atoms with van der Waals surface area (Å²) < 4.78 is 12.9. The zero-order valence-electron chi connectivity index (χ0n) is 11.4. The minimum Gasteiger partial charge on any atom is -0.480 e. The highest BCUT2D eigenvalue weighted by Gasteiger charge is 2.34. The Balaban J connectivity index is 2.00. The molecule has 5 heteroatoms. The fourth-order valence-corrected chi connectivity index (χ4v) is 2.61. The third-order valence-corrected chi connectivity index (χ3v) is 3.78. The van der Waals surface area contributed by atoms with Crippen LogP contribution in [-0.4, -0.2) is 34.5 Å². The van der Waals surface area contributed by atoms with E-state index >= 15 is 0 Å². The number of hydrogen-bond donors (Lipinski definition) is 1. The average molecular weight is 279 g/mol. The van der Waals surface area contributed by atoms with Crippen molar-refractivity contribution in [2.24, 2.45) is 0 Å². The Kier molecular flexibility index (Phi) is 4.37. The van der Waals surface area contributed by atoms with Crippen LogP contribution in [0.5, 0.6) is 0 Å². The number of aliphatic carboxylic acids is 1. The first-order chi connectivity index (χ1) is 9.49. The third kappa shape index (κ3) is 3.15. The lowest BCUT2D eigenvalue weighted by atomic mass is 9.97. The van der Waals surface area contributed by atoms with Crippen LogP contribution in [0.25, 0.3) is 0 Å². The molecule has 1 N–H and O–H groups in total. The molecule has 1 aromatic carbocycles. The number of hydrogen-bond acceptors (Lipinski definition) is 2. The number of carboxylic acid groups (broad SMARTS) is 1. The molecule has 108 valence electrons. The molecule has 1 fully saturated rings. The number of carboxylic acids is 1. The standard InChI is InChI=1S/C15H18FNO3/c1-10(11-4-6-12(16)7-5-11)9-14(18)17-8-2-3-13(17)15(19)20/h4-7,10,13H,2-3,8-9H2,1H3,(H,19,20)/t10?,13-/m1/s1. The van der Waals surface area contributed by atoms with Crippen LogP contribution >= 0.6 is 0 Å². The Hall–Kier alpha value is -1.91. The molecule has 4 nitrogen and oxygen atoms in total. The molecule has 0 aliphatic carbocycles. The fourth-order valence-electron chi connectivity index (χ4n) is 2.61. The van der Waals surface area contributed by atoms with Crippen molar-refractivity contribution in [1.82, 2.24) is 4.90 Å². The summed E-state index contributed by atoms with van der Waals surface area (Å²) in [5, 5.41) is 9.08. The van der Waals surface area contributed by atoms with Gasteiger partial charge in [-0.05, 0) is 36.5 Å². The van der Waals surface area contributed by atoms with Crippen LogP contribution in [0.4, 0.5) is 4.39 Å². The molecule has 0 spiro atoms. The summed E-state index contributed by atoms with van der Waals surface area (Å²) in [6.07, 6.45) is 1.50. The van der Waals surface area contributed by atoms with Gasteiger partial charge < -0.3 is 10.0 Å². The summed E-state index contributed by atoms with van der Waals surface area (Å²) in [7, 11) is 0. The number of rotatable bonds is 4. The van der Waals surface area contributed by atoms with Gasteiger partial charge in [0.15, 0.2) is 0 Å².